The van der Waals surface area contributed by atoms with Gasteiger partial charge in [0, 0.05) is 36.8 Å². The van der Waals surface area contributed by atoms with Crippen molar-refractivity contribution in [1.29, 1.82) is 0 Å². The molecule has 1 rings (SSSR count). The van der Waals surface area contributed by atoms with Crippen LogP contribution < -0.4 is 5.32 Å². The SMILES string of the molecule is CCN(Cc1cc(Br)ccc1F)C(=O)CNCCOC. The van der Waals surface area contributed by atoms with Crippen LogP contribution in [0.15, 0.2) is 22.7 Å². The van der Waals surface area contributed by atoms with Gasteiger partial charge in [0.1, 0.15) is 5.82 Å². The number of halogens is 2. The molecule has 6 heteroatoms. The summed E-state index contributed by atoms with van der Waals surface area (Å²) < 4.78 is 19.4. The largest absolute Gasteiger partial charge is 0.383 e. The number of carbonyl (C=O) groups excluding carboxylic acids is 1. The molecule has 0 radical (unpaired) electrons. The Morgan fingerprint density at radius 2 is 2.25 bits per heavy atom. The second kappa shape index (κ2) is 9.05. The summed E-state index contributed by atoms with van der Waals surface area (Å²) in [7, 11) is 1.61. The number of nitrogens with zero attached hydrogens (tertiary/aromatic N) is 1. The van der Waals surface area contributed by atoms with E-state index in [9.17, 15) is 9.18 Å². The number of benzene rings is 1. The molecule has 0 aliphatic rings. The zero-order valence-electron chi connectivity index (χ0n) is 11.8. The van der Waals surface area contributed by atoms with Crippen molar-refractivity contribution < 1.29 is 13.9 Å². The van der Waals surface area contributed by atoms with Gasteiger partial charge < -0.3 is 15.0 Å². The molecule has 112 valence electrons. The van der Waals surface area contributed by atoms with E-state index in [1.165, 1.54) is 6.07 Å². The van der Waals surface area contributed by atoms with Crippen LogP contribution in [-0.2, 0) is 16.1 Å². The normalized spacial score (nSPS) is 10.6. The van der Waals surface area contributed by atoms with Gasteiger partial charge in [-0.3, -0.25) is 4.79 Å². The van der Waals surface area contributed by atoms with Crippen LogP contribution in [0.4, 0.5) is 4.39 Å². The Bertz CT molecular complexity index is 443. The number of carbonyl (C=O) groups is 1. The molecule has 0 aliphatic carbocycles. The number of amides is 1. The fraction of sp³-hybridized carbons (Fsp3) is 0.500. The molecule has 4 nitrogen and oxygen atoms in total. The first-order valence-electron chi connectivity index (χ1n) is 6.49. The molecule has 0 heterocycles. The second-order valence-corrected chi connectivity index (χ2v) is 5.23. The molecule has 0 saturated carbocycles. The number of hydrogen-bond donors (Lipinski definition) is 1. The molecular weight excluding hydrogens is 327 g/mol. The topological polar surface area (TPSA) is 41.6 Å². The van der Waals surface area contributed by atoms with Gasteiger partial charge in [-0.25, -0.2) is 4.39 Å². The predicted octanol–water partition coefficient (Wildman–Crippen LogP) is 2.17. The van der Waals surface area contributed by atoms with Crippen LogP contribution in [0, 0.1) is 5.82 Å². The number of nitrogens with one attached hydrogen (secondary N) is 1. The molecule has 1 N–H and O–H groups in total. The summed E-state index contributed by atoms with van der Waals surface area (Å²) in [6.45, 7) is 4.09. The minimum Gasteiger partial charge on any atom is -0.383 e. The average Bonchev–Trinajstić information content (AvgIpc) is 2.44. The number of likely N-dealkylation sites (N-methyl/N-ethyl adjacent to an activating group) is 1. The average molecular weight is 347 g/mol. The third kappa shape index (κ3) is 5.56. The van der Waals surface area contributed by atoms with E-state index in [-0.39, 0.29) is 24.8 Å². The van der Waals surface area contributed by atoms with Crippen LogP contribution in [0.5, 0.6) is 0 Å². The summed E-state index contributed by atoms with van der Waals surface area (Å²) in [6.07, 6.45) is 0. The highest BCUT2D eigenvalue weighted by atomic mass is 79.9. The first kappa shape index (κ1) is 17.1. The van der Waals surface area contributed by atoms with Crippen molar-refractivity contribution in [3.63, 3.8) is 0 Å². The van der Waals surface area contributed by atoms with Crippen LogP contribution >= 0.6 is 15.9 Å². The van der Waals surface area contributed by atoms with Gasteiger partial charge in [0.25, 0.3) is 0 Å². The molecule has 0 aliphatic heterocycles. The van der Waals surface area contributed by atoms with Gasteiger partial charge in [0.15, 0.2) is 0 Å². The van der Waals surface area contributed by atoms with Gasteiger partial charge in [-0.2, -0.15) is 0 Å². The van der Waals surface area contributed by atoms with E-state index in [4.69, 9.17) is 4.74 Å². The molecule has 0 fully saturated rings. The lowest BCUT2D eigenvalue weighted by Crippen LogP contribution is -2.38. The molecule has 0 saturated heterocycles. The zero-order chi connectivity index (χ0) is 15.0. The van der Waals surface area contributed by atoms with Crippen molar-refractivity contribution in [1.82, 2.24) is 10.2 Å². The van der Waals surface area contributed by atoms with Crippen LogP contribution in [0.25, 0.3) is 0 Å². The van der Waals surface area contributed by atoms with Crippen molar-refractivity contribution in [2.45, 2.75) is 13.5 Å². The lowest BCUT2D eigenvalue weighted by atomic mass is 10.2. The maximum Gasteiger partial charge on any atom is 0.236 e. The molecule has 0 spiro atoms. The summed E-state index contributed by atoms with van der Waals surface area (Å²) in [5, 5.41) is 2.99. The second-order valence-electron chi connectivity index (χ2n) is 4.31. The highest BCUT2D eigenvalue weighted by molar-refractivity contribution is 9.10. The lowest BCUT2D eigenvalue weighted by Gasteiger charge is -2.21. The number of rotatable bonds is 8. The van der Waals surface area contributed by atoms with Crippen molar-refractivity contribution in [2.75, 3.05) is 33.4 Å². The summed E-state index contributed by atoms with van der Waals surface area (Å²) in [4.78, 5) is 13.6. The van der Waals surface area contributed by atoms with Gasteiger partial charge in [0.2, 0.25) is 5.91 Å². The van der Waals surface area contributed by atoms with Gasteiger partial charge in [-0.1, -0.05) is 15.9 Å². The Balaban J connectivity index is 2.57. The summed E-state index contributed by atoms with van der Waals surface area (Å²) in [5.74, 6) is -0.352. The van der Waals surface area contributed by atoms with Crippen molar-refractivity contribution in [3.05, 3.63) is 34.1 Å². The molecule has 20 heavy (non-hydrogen) atoms. The van der Waals surface area contributed by atoms with Crippen LogP contribution in [0.1, 0.15) is 12.5 Å². The fourth-order valence-electron chi connectivity index (χ4n) is 1.73. The zero-order valence-corrected chi connectivity index (χ0v) is 13.4. The van der Waals surface area contributed by atoms with Gasteiger partial charge in [-0.05, 0) is 25.1 Å². The molecular formula is C14H20BrFN2O2. The van der Waals surface area contributed by atoms with E-state index in [0.717, 1.165) is 4.47 Å². The highest BCUT2D eigenvalue weighted by Crippen LogP contribution is 2.17. The molecule has 1 aromatic carbocycles. The molecule has 1 amide bonds. The van der Waals surface area contributed by atoms with Crippen LogP contribution in [0.3, 0.4) is 0 Å². The smallest absolute Gasteiger partial charge is 0.236 e. The highest BCUT2D eigenvalue weighted by Gasteiger charge is 2.14. The van der Waals surface area contributed by atoms with Crippen LogP contribution in [-0.4, -0.2) is 44.2 Å². The molecule has 0 bridgehead atoms. The lowest BCUT2D eigenvalue weighted by molar-refractivity contribution is -0.130. The van der Waals surface area contributed by atoms with E-state index in [1.54, 1.807) is 24.1 Å². The number of methoxy groups -OCH3 is 1. The van der Waals surface area contributed by atoms with E-state index >= 15 is 0 Å². The Hall–Kier alpha value is -0.980. The minimum atomic E-state index is -0.299. The summed E-state index contributed by atoms with van der Waals surface area (Å²) >= 11 is 3.31. The van der Waals surface area contributed by atoms with Crippen molar-refractivity contribution in [2.24, 2.45) is 0 Å². The molecule has 1 aromatic rings. The number of ether oxygens (including phenoxy) is 1. The maximum atomic E-state index is 13.7. The van der Waals surface area contributed by atoms with E-state index in [1.807, 2.05) is 6.92 Å². The van der Waals surface area contributed by atoms with Gasteiger partial charge >= 0.3 is 0 Å². The Labute approximate surface area is 127 Å². The summed E-state index contributed by atoms with van der Waals surface area (Å²) in [5.41, 5.74) is 0.506. The maximum absolute atomic E-state index is 13.7. The summed E-state index contributed by atoms with van der Waals surface area (Å²) in [6, 6.07) is 4.74. The minimum absolute atomic E-state index is 0.0528. The predicted molar refractivity (Wildman–Crippen MR) is 79.9 cm³/mol. The Morgan fingerprint density at radius 1 is 1.50 bits per heavy atom. The number of hydrogen-bond acceptors (Lipinski definition) is 3. The van der Waals surface area contributed by atoms with E-state index < -0.39 is 0 Å². The standard InChI is InChI=1S/C14H20BrFN2O2/c1-3-18(14(19)9-17-6-7-20-2)10-11-8-12(15)4-5-13(11)16/h4-5,8,17H,3,6-7,9-10H2,1-2H3. The quantitative estimate of drug-likeness (QED) is 0.733. The first-order chi connectivity index (χ1) is 9.58. The third-order valence-corrected chi connectivity index (χ3v) is 3.36. The van der Waals surface area contributed by atoms with Crippen molar-refractivity contribution in [3.8, 4) is 0 Å². The van der Waals surface area contributed by atoms with E-state index in [2.05, 4.69) is 21.2 Å². The Kier molecular flexibility index (Phi) is 7.72. The first-order valence-corrected chi connectivity index (χ1v) is 7.29. The van der Waals surface area contributed by atoms with Crippen molar-refractivity contribution >= 4 is 21.8 Å². The molecule has 0 atom stereocenters. The third-order valence-electron chi connectivity index (χ3n) is 2.86. The van der Waals surface area contributed by atoms with Crippen LogP contribution in [0.2, 0.25) is 0 Å². The van der Waals surface area contributed by atoms with E-state index in [0.29, 0.717) is 25.3 Å². The monoisotopic (exact) mass is 346 g/mol. The van der Waals surface area contributed by atoms with Gasteiger partial charge in [0.05, 0.1) is 13.2 Å². The molecule has 0 aromatic heterocycles. The fourth-order valence-corrected chi connectivity index (χ4v) is 2.14. The van der Waals surface area contributed by atoms with Gasteiger partial charge in [-0.15, -0.1) is 0 Å². The Morgan fingerprint density at radius 3 is 2.90 bits per heavy atom. The molecule has 0 unspecified atom stereocenters.